The molecular formula is C17H13F4N5O. The molecule has 1 amide bonds. The third-order valence-electron chi connectivity index (χ3n) is 4.48. The number of halogens is 4. The number of carbonyl (C=O) groups excluding carboxylic acids is 1. The largest absolute Gasteiger partial charge is 0.419 e. The molecule has 0 saturated carbocycles. The minimum Gasteiger partial charge on any atom is -0.332 e. The normalized spacial score (nSPS) is 14.3. The third-order valence-corrected chi connectivity index (χ3v) is 4.48. The molecule has 0 bridgehead atoms. The van der Waals surface area contributed by atoms with E-state index in [4.69, 9.17) is 0 Å². The van der Waals surface area contributed by atoms with Gasteiger partial charge in [-0.05, 0) is 12.1 Å². The van der Waals surface area contributed by atoms with Crippen LogP contribution < -0.4 is 0 Å². The van der Waals surface area contributed by atoms with Crippen LogP contribution >= 0.6 is 0 Å². The fraction of sp³-hybridized carbons (Fsp3) is 0.235. The van der Waals surface area contributed by atoms with E-state index in [1.807, 2.05) is 0 Å². The van der Waals surface area contributed by atoms with Crippen LogP contribution in [0, 0.1) is 5.82 Å². The van der Waals surface area contributed by atoms with Crippen molar-refractivity contribution in [1.82, 2.24) is 24.6 Å². The summed E-state index contributed by atoms with van der Waals surface area (Å²) in [6.45, 7) is 0.326. The van der Waals surface area contributed by atoms with Gasteiger partial charge >= 0.3 is 6.18 Å². The standard InChI is InChI=1S/C17H13F4N5O/c18-15-10(2-1-3-11(15)17(19,20)21)16(27)25-7-5-13-12(8-25)22-9-26(13)14-4-6-23-24-14/h1-4,6,9H,5,7-8H2,(H,23,24). The Kier molecular flexibility index (Phi) is 3.97. The predicted octanol–water partition coefficient (Wildman–Crippen LogP) is 2.95. The molecule has 1 aliphatic heterocycles. The van der Waals surface area contributed by atoms with Crippen molar-refractivity contribution in [3.05, 3.63) is 65.1 Å². The Hall–Kier alpha value is -3.17. The zero-order chi connectivity index (χ0) is 19.2. The topological polar surface area (TPSA) is 66.8 Å². The lowest BCUT2D eigenvalue weighted by molar-refractivity contribution is -0.140. The van der Waals surface area contributed by atoms with Crippen molar-refractivity contribution < 1.29 is 22.4 Å². The monoisotopic (exact) mass is 379 g/mol. The molecule has 1 aromatic carbocycles. The Labute approximate surface area is 150 Å². The molecule has 140 valence electrons. The summed E-state index contributed by atoms with van der Waals surface area (Å²) in [5.41, 5.74) is -0.569. The average Bonchev–Trinajstić information content (AvgIpc) is 3.29. The van der Waals surface area contributed by atoms with Crippen molar-refractivity contribution in [3.8, 4) is 5.82 Å². The van der Waals surface area contributed by atoms with Crippen LogP contribution in [0.2, 0.25) is 0 Å². The molecule has 3 heterocycles. The SMILES string of the molecule is O=C(c1cccc(C(F)(F)F)c1F)N1CCc2c(ncn2-c2ccn[nH]2)C1. The van der Waals surface area contributed by atoms with Crippen LogP contribution in [0.5, 0.6) is 0 Å². The summed E-state index contributed by atoms with van der Waals surface area (Å²) < 4.78 is 54.7. The average molecular weight is 379 g/mol. The first-order chi connectivity index (χ1) is 12.9. The van der Waals surface area contributed by atoms with Gasteiger partial charge in [-0.15, -0.1) is 0 Å². The number of nitrogens with one attached hydrogen (secondary N) is 1. The van der Waals surface area contributed by atoms with Crippen molar-refractivity contribution in [1.29, 1.82) is 0 Å². The minimum atomic E-state index is -4.86. The zero-order valence-electron chi connectivity index (χ0n) is 13.8. The van der Waals surface area contributed by atoms with E-state index in [0.717, 1.165) is 17.8 Å². The second-order valence-electron chi connectivity index (χ2n) is 6.09. The van der Waals surface area contributed by atoms with Crippen LogP contribution in [0.4, 0.5) is 17.6 Å². The van der Waals surface area contributed by atoms with E-state index in [-0.39, 0.29) is 13.1 Å². The van der Waals surface area contributed by atoms with Gasteiger partial charge in [0.1, 0.15) is 18.0 Å². The van der Waals surface area contributed by atoms with E-state index in [9.17, 15) is 22.4 Å². The van der Waals surface area contributed by atoms with Crippen molar-refractivity contribution in [2.45, 2.75) is 19.1 Å². The van der Waals surface area contributed by atoms with E-state index in [0.29, 0.717) is 24.0 Å². The number of alkyl halides is 3. The van der Waals surface area contributed by atoms with Crippen LogP contribution in [0.3, 0.4) is 0 Å². The van der Waals surface area contributed by atoms with Gasteiger partial charge in [0.2, 0.25) is 0 Å². The second kappa shape index (κ2) is 6.22. The molecule has 2 aromatic heterocycles. The fourth-order valence-corrected chi connectivity index (χ4v) is 3.16. The lowest BCUT2D eigenvalue weighted by Crippen LogP contribution is -2.37. The quantitative estimate of drug-likeness (QED) is 0.697. The molecule has 4 rings (SSSR count). The van der Waals surface area contributed by atoms with Crippen LogP contribution in [0.15, 0.2) is 36.8 Å². The number of H-pyrrole nitrogens is 1. The first-order valence-corrected chi connectivity index (χ1v) is 8.06. The number of carbonyl (C=O) groups is 1. The van der Waals surface area contributed by atoms with E-state index in [1.165, 1.54) is 4.90 Å². The smallest absolute Gasteiger partial charge is 0.332 e. The molecule has 0 saturated heterocycles. The molecule has 0 aliphatic carbocycles. The fourth-order valence-electron chi connectivity index (χ4n) is 3.16. The van der Waals surface area contributed by atoms with Crippen LogP contribution in [-0.4, -0.2) is 37.1 Å². The van der Waals surface area contributed by atoms with Gasteiger partial charge < -0.3 is 4.90 Å². The van der Waals surface area contributed by atoms with Gasteiger partial charge in [0, 0.05) is 19.0 Å². The number of fused-ring (bicyclic) bond motifs is 1. The number of hydrogen-bond donors (Lipinski definition) is 1. The highest BCUT2D eigenvalue weighted by Gasteiger charge is 2.36. The Balaban J connectivity index is 1.61. The van der Waals surface area contributed by atoms with Gasteiger partial charge in [-0.2, -0.15) is 18.3 Å². The van der Waals surface area contributed by atoms with Crippen LogP contribution in [0.25, 0.3) is 5.82 Å². The molecule has 1 aliphatic rings. The molecule has 1 N–H and O–H groups in total. The lowest BCUT2D eigenvalue weighted by atomic mass is 10.1. The van der Waals surface area contributed by atoms with Crippen molar-refractivity contribution in [3.63, 3.8) is 0 Å². The maximum atomic E-state index is 14.3. The first-order valence-electron chi connectivity index (χ1n) is 8.06. The molecule has 10 heteroatoms. The molecule has 0 spiro atoms. The predicted molar refractivity (Wildman–Crippen MR) is 85.6 cm³/mol. The summed E-state index contributed by atoms with van der Waals surface area (Å²) in [4.78, 5) is 18.2. The molecule has 6 nitrogen and oxygen atoms in total. The highest BCUT2D eigenvalue weighted by atomic mass is 19.4. The Morgan fingerprint density at radius 3 is 2.74 bits per heavy atom. The summed E-state index contributed by atoms with van der Waals surface area (Å²) >= 11 is 0. The minimum absolute atomic E-state index is 0.0883. The number of hydrogen-bond acceptors (Lipinski definition) is 3. The number of nitrogens with zero attached hydrogens (tertiary/aromatic N) is 4. The van der Waals surface area contributed by atoms with Gasteiger partial charge in [0.25, 0.3) is 5.91 Å². The maximum Gasteiger partial charge on any atom is 0.419 e. The Morgan fingerprint density at radius 1 is 1.22 bits per heavy atom. The maximum absolute atomic E-state index is 14.3. The van der Waals surface area contributed by atoms with Gasteiger partial charge in [-0.3, -0.25) is 14.5 Å². The number of imidazole rings is 1. The van der Waals surface area contributed by atoms with Crippen LogP contribution in [0.1, 0.15) is 27.3 Å². The van der Waals surface area contributed by atoms with Gasteiger partial charge in [0.05, 0.1) is 35.3 Å². The number of aromatic nitrogens is 4. The number of benzene rings is 1. The molecule has 0 unspecified atom stereocenters. The third kappa shape index (κ3) is 2.96. The lowest BCUT2D eigenvalue weighted by Gasteiger charge is -2.27. The zero-order valence-corrected chi connectivity index (χ0v) is 13.8. The van der Waals surface area contributed by atoms with Crippen molar-refractivity contribution in [2.75, 3.05) is 6.54 Å². The van der Waals surface area contributed by atoms with Gasteiger partial charge in [0.15, 0.2) is 0 Å². The molecule has 3 aromatic rings. The van der Waals surface area contributed by atoms with E-state index >= 15 is 0 Å². The van der Waals surface area contributed by atoms with E-state index in [1.54, 1.807) is 23.2 Å². The summed E-state index contributed by atoms with van der Waals surface area (Å²) in [7, 11) is 0. The van der Waals surface area contributed by atoms with E-state index in [2.05, 4.69) is 15.2 Å². The van der Waals surface area contributed by atoms with Gasteiger partial charge in [-0.1, -0.05) is 6.07 Å². The number of amides is 1. The summed E-state index contributed by atoms with van der Waals surface area (Å²) in [6.07, 6.45) is -1.26. The highest BCUT2D eigenvalue weighted by Crippen LogP contribution is 2.33. The molecule has 0 atom stereocenters. The van der Waals surface area contributed by atoms with Crippen LogP contribution in [-0.2, 0) is 19.1 Å². The molecule has 27 heavy (non-hydrogen) atoms. The summed E-state index contributed by atoms with van der Waals surface area (Å²) in [5, 5.41) is 6.69. The van der Waals surface area contributed by atoms with Gasteiger partial charge in [-0.25, -0.2) is 9.37 Å². The first kappa shape index (κ1) is 17.3. The molecule has 0 fully saturated rings. The Bertz CT molecular complexity index is 993. The number of rotatable bonds is 2. The van der Waals surface area contributed by atoms with Crippen molar-refractivity contribution in [2.24, 2.45) is 0 Å². The molecular weight excluding hydrogens is 366 g/mol. The molecule has 0 radical (unpaired) electrons. The Morgan fingerprint density at radius 2 is 2.04 bits per heavy atom. The highest BCUT2D eigenvalue weighted by molar-refractivity contribution is 5.94. The van der Waals surface area contributed by atoms with Crippen molar-refractivity contribution >= 4 is 5.91 Å². The van der Waals surface area contributed by atoms with E-state index < -0.39 is 29.0 Å². The second-order valence-corrected chi connectivity index (χ2v) is 6.09. The number of aromatic amines is 1. The summed E-state index contributed by atoms with van der Waals surface area (Å²) in [6, 6.07) is 4.47. The summed E-state index contributed by atoms with van der Waals surface area (Å²) in [5.74, 6) is -1.63.